The Hall–Kier alpha value is -1.88. The Morgan fingerprint density at radius 1 is 1.39 bits per heavy atom. The second-order valence-electron chi connectivity index (χ2n) is 3.70. The van der Waals surface area contributed by atoms with E-state index in [2.05, 4.69) is 32.9 Å². The maximum absolute atomic E-state index is 11.8. The lowest BCUT2D eigenvalue weighted by Gasteiger charge is -2.05. The third-order valence-electron chi connectivity index (χ3n) is 2.34. The number of halogens is 1. The minimum Gasteiger partial charge on any atom is -0.347 e. The van der Waals surface area contributed by atoms with Crippen LogP contribution < -0.4 is 5.32 Å². The van der Waals surface area contributed by atoms with Crippen LogP contribution in [0.2, 0.25) is 0 Å². The predicted molar refractivity (Wildman–Crippen MR) is 74.0 cm³/mol. The number of carbonyl (C=O) groups is 1. The van der Waals surface area contributed by atoms with E-state index in [0.29, 0.717) is 12.1 Å². The maximum atomic E-state index is 11.8. The first kappa shape index (κ1) is 12.6. The smallest absolute Gasteiger partial charge is 0.251 e. The van der Waals surface area contributed by atoms with E-state index < -0.39 is 0 Å². The van der Waals surface area contributed by atoms with Crippen LogP contribution in [0.3, 0.4) is 0 Å². The van der Waals surface area contributed by atoms with Crippen molar-refractivity contribution >= 4 is 21.8 Å². The maximum Gasteiger partial charge on any atom is 0.251 e. The molecule has 5 heteroatoms. The van der Waals surface area contributed by atoms with Crippen molar-refractivity contribution in [2.75, 3.05) is 6.54 Å². The second kappa shape index (κ2) is 5.64. The predicted octanol–water partition coefficient (Wildman–Crippen LogP) is 2.51. The Morgan fingerprint density at radius 3 is 2.67 bits per heavy atom. The molecule has 0 saturated heterocycles. The van der Waals surface area contributed by atoms with Crippen molar-refractivity contribution < 1.29 is 4.79 Å². The molecule has 2 rings (SSSR count). The molecular weight excluding hydrogens is 294 g/mol. The van der Waals surface area contributed by atoms with Crippen LogP contribution in [0.15, 0.2) is 53.8 Å². The molecule has 1 aromatic carbocycles. The number of hydrogen-bond donors (Lipinski definition) is 1. The molecule has 92 valence electrons. The molecule has 0 aliphatic rings. The van der Waals surface area contributed by atoms with Gasteiger partial charge in [-0.15, -0.1) is 0 Å². The number of nitrogens with zero attached hydrogens (tertiary/aromatic N) is 2. The van der Waals surface area contributed by atoms with Crippen molar-refractivity contribution in [2.24, 2.45) is 0 Å². The van der Waals surface area contributed by atoms with Gasteiger partial charge >= 0.3 is 0 Å². The molecule has 0 aliphatic carbocycles. The fraction of sp³-hybridized carbons (Fsp3) is 0.0769. The number of benzene rings is 1. The highest BCUT2D eigenvalue weighted by Crippen LogP contribution is 2.08. The van der Waals surface area contributed by atoms with Crippen molar-refractivity contribution in [3.8, 4) is 5.69 Å². The van der Waals surface area contributed by atoms with Crippen LogP contribution >= 0.6 is 15.9 Å². The molecule has 1 amide bonds. The topological polar surface area (TPSA) is 46.9 Å². The Balaban J connectivity index is 2.08. The zero-order chi connectivity index (χ0) is 13.0. The zero-order valence-corrected chi connectivity index (χ0v) is 11.2. The molecule has 0 radical (unpaired) electrons. The minimum absolute atomic E-state index is 0.123. The van der Waals surface area contributed by atoms with Crippen molar-refractivity contribution in [1.82, 2.24) is 15.1 Å². The van der Waals surface area contributed by atoms with E-state index in [0.717, 1.165) is 10.2 Å². The van der Waals surface area contributed by atoms with Crippen molar-refractivity contribution in [1.29, 1.82) is 0 Å². The van der Waals surface area contributed by atoms with Crippen molar-refractivity contribution in [2.45, 2.75) is 0 Å². The van der Waals surface area contributed by atoms with E-state index in [-0.39, 0.29) is 5.91 Å². The molecule has 0 spiro atoms. The fourth-order valence-electron chi connectivity index (χ4n) is 1.47. The Bertz CT molecular complexity index is 546. The summed E-state index contributed by atoms with van der Waals surface area (Å²) in [5.41, 5.74) is 1.53. The molecule has 0 unspecified atom stereocenters. The number of amides is 1. The number of rotatable bonds is 4. The molecule has 4 nitrogen and oxygen atoms in total. The first-order valence-electron chi connectivity index (χ1n) is 5.38. The summed E-state index contributed by atoms with van der Waals surface area (Å²) in [5.74, 6) is -0.123. The summed E-state index contributed by atoms with van der Waals surface area (Å²) in [6.07, 6.45) is 3.56. The van der Waals surface area contributed by atoms with Gasteiger partial charge in [0.05, 0.1) is 5.69 Å². The molecule has 1 N–H and O–H groups in total. The van der Waals surface area contributed by atoms with Gasteiger partial charge in [-0.05, 0) is 30.3 Å². The van der Waals surface area contributed by atoms with Crippen LogP contribution in [-0.4, -0.2) is 22.2 Å². The van der Waals surface area contributed by atoms with Crippen molar-refractivity contribution in [3.05, 3.63) is 59.4 Å². The first-order valence-corrected chi connectivity index (χ1v) is 6.17. The van der Waals surface area contributed by atoms with E-state index in [1.807, 2.05) is 24.4 Å². The van der Waals surface area contributed by atoms with E-state index >= 15 is 0 Å². The van der Waals surface area contributed by atoms with E-state index in [1.165, 1.54) is 0 Å². The number of carbonyl (C=O) groups excluding carboxylic acids is 1. The summed E-state index contributed by atoms with van der Waals surface area (Å²) in [6.45, 7) is 4.08. The molecule has 1 heterocycles. The van der Waals surface area contributed by atoms with Gasteiger partial charge in [-0.25, -0.2) is 4.68 Å². The van der Waals surface area contributed by atoms with Crippen molar-refractivity contribution in [3.63, 3.8) is 0 Å². The van der Waals surface area contributed by atoms with Crippen LogP contribution in [0.25, 0.3) is 5.69 Å². The largest absolute Gasteiger partial charge is 0.347 e. The lowest BCUT2D eigenvalue weighted by molar-refractivity contribution is 0.0958. The van der Waals surface area contributed by atoms with Crippen LogP contribution in [-0.2, 0) is 0 Å². The van der Waals surface area contributed by atoms with E-state index in [9.17, 15) is 4.79 Å². The highest BCUT2D eigenvalue weighted by Gasteiger charge is 2.05. The van der Waals surface area contributed by atoms with Crippen LogP contribution in [0, 0.1) is 0 Å². The van der Waals surface area contributed by atoms with Gasteiger partial charge in [0, 0.05) is 29.0 Å². The normalized spacial score (nSPS) is 10.1. The van der Waals surface area contributed by atoms with Gasteiger partial charge in [-0.3, -0.25) is 4.79 Å². The van der Waals surface area contributed by atoms with Crippen LogP contribution in [0.5, 0.6) is 0 Å². The lowest BCUT2D eigenvalue weighted by atomic mass is 10.2. The molecular formula is C13H12BrN3O. The van der Waals surface area contributed by atoms with Gasteiger partial charge in [0.2, 0.25) is 0 Å². The molecule has 0 saturated carbocycles. The number of hydrogen-bond acceptors (Lipinski definition) is 2. The molecule has 1 aromatic heterocycles. The highest BCUT2D eigenvalue weighted by atomic mass is 79.9. The van der Waals surface area contributed by atoms with Gasteiger partial charge in [0.15, 0.2) is 0 Å². The molecule has 0 fully saturated rings. The van der Waals surface area contributed by atoms with Gasteiger partial charge < -0.3 is 5.32 Å². The third-order valence-corrected chi connectivity index (χ3v) is 2.62. The summed E-state index contributed by atoms with van der Waals surface area (Å²) in [6, 6.07) is 9.09. The molecule has 0 aliphatic heterocycles. The van der Waals surface area contributed by atoms with Gasteiger partial charge in [-0.1, -0.05) is 22.5 Å². The summed E-state index contributed by atoms with van der Waals surface area (Å²) in [4.78, 5) is 11.8. The summed E-state index contributed by atoms with van der Waals surface area (Å²) in [5, 5.41) is 6.86. The number of aromatic nitrogens is 2. The molecule has 0 bridgehead atoms. The van der Waals surface area contributed by atoms with Gasteiger partial charge in [-0.2, -0.15) is 5.10 Å². The average Bonchev–Trinajstić information content (AvgIpc) is 2.90. The monoisotopic (exact) mass is 305 g/mol. The Kier molecular flexibility index (Phi) is 3.94. The molecule has 0 atom stereocenters. The summed E-state index contributed by atoms with van der Waals surface area (Å²) < 4.78 is 2.48. The standard InChI is InChI=1S/C13H12BrN3O/c1-10(14)9-15-13(18)11-3-5-12(6-4-11)17-8-2-7-16-17/h2-8H,1,9H2,(H,15,18). The summed E-state index contributed by atoms with van der Waals surface area (Å²) in [7, 11) is 0. The Morgan fingerprint density at radius 2 is 2.11 bits per heavy atom. The van der Waals surface area contributed by atoms with E-state index in [4.69, 9.17) is 0 Å². The number of nitrogens with one attached hydrogen (secondary N) is 1. The average molecular weight is 306 g/mol. The quantitative estimate of drug-likeness (QED) is 0.943. The SMILES string of the molecule is C=C(Br)CNC(=O)c1ccc(-n2cccn2)cc1. The van der Waals surface area contributed by atoms with Gasteiger partial charge in [0.25, 0.3) is 5.91 Å². The molecule has 2 aromatic rings. The van der Waals surface area contributed by atoms with Crippen LogP contribution in [0.4, 0.5) is 0 Å². The highest BCUT2D eigenvalue weighted by molar-refractivity contribution is 9.11. The molecule has 18 heavy (non-hydrogen) atoms. The van der Waals surface area contributed by atoms with Gasteiger partial charge in [0.1, 0.15) is 0 Å². The van der Waals surface area contributed by atoms with E-state index in [1.54, 1.807) is 23.0 Å². The Labute approximate surface area is 113 Å². The zero-order valence-electron chi connectivity index (χ0n) is 9.64. The summed E-state index contributed by atoms with van der Waals surface area (Å²) >= 11 is 3.19. The lowest BCUT2D eigenvalue weighted by Crippen LogP contribution is -2.24. The first-order chi connectivity index (χ1) is 8.66. The van der Waals surface area contributed by atoms with Crippen LogP contribution in [0.1, 0.15) is 10.4 Å². The second-order valence-corrected chi connectivity index (χ2v) is 4.82. The minimum atomic E-state index is -0.123. The third kappa shape index (κ3) is 3.07. The fourth-order valence-corrected chi connectivity index (χ4v) is 1.61.